The highest BCUT2D eigenvalue weighted by Gasteiger charge is 2.27. The number of esters is 1. The third-order valence-corrected chi connectivity index (χ3v) is 6.56. The number of aliphatic carboxylic acids is 1. The minimum Gasteiger partial charge on any atom is -0.492 e. The minimum absolute atomic E-state index is 0.133. The molecule has 0 saturated heterocycles. The summed E-state index contributed by atoms with van der Waals surface area (Å²) in [4.78, 5) is 23.2. The van der Waals surface area contributed by atoms with Gasteiger partial charge in [0, 0.05) is 6.04 Å². The van der Waals surface area contributed by atoms with Crippen LogP contribution in [0.1, 0.15) is 79.4 Å². The summed E-state index contributed by atoms with van der Waals surface area (Å²) in [5, 5.41) is 19.6. The summed E-state index contributed by atoms with van der Waals surface area (Å²) in [7, 11) is 0. The van der Waals surface area contributed by atoms with E-state index in [-0.39, 0.29) is 36.2 Å². The first kappa shape index (κ1) is 30.9. The van der Waals surface area contributed by atoms with Crippen molar-refractivity contribution >= 4 is 11.9 Å². The first-order valence-corrected chi connectivity index (χ1v) is 12.8. The first-order valence-electron chi connectivity index (χ1n) is 12.8. The van der Waals surface area contributed by atoms with Crippen LogP contribution in [0.2, 0.25) is 0 Å². The second kappa shape index (κ2) is 13.8. The molecule has 35 heavy (non-hydrogen) atoms. The molecule has 0 fully saturated rings. The van der Waals surface area contributed by atoms with Crippen molar-refractivity contribution in [3.8, 4) is 5.75 Å². The van der Waals surface area contributed by atoms with Gasteiger partial charge in [0.2, 0.25) is 0 Å². The molecule has 0 radical (unpaired) electrons. The van der Waals surface area contributed by atoms with E-state index in [0.717, 1.165) is 23.3 Å². The van der Waals surface area contributed by atoms with Gasteiger partial charge in [-0.2, -0.15) is 0 Å². The van der Waals surface area contributed by atoms with E-state index < -0.39 is 24.0 Å². The third-order valence-electron chi connectivity index (χ3n) is 6.56. The lowest BCUT2D eigenvalue weighted by atomic mass is 9.81. The highest BCUT2D eigenvalue weighted by molar-refractivity contribution is 5.72. The Morgan fingerprint density at radius 2 is 1.69 bits per heavy atom. The number of carbonyl (C=O) groups is 2. The van der Waals surface area contributed by atoms with Crippen LogP contribution in [-0.2, 0) is 26.2 Å². The van der Waals surface area contributed by atoms with Crippen molar-refractivity contribution in [3.05, 3.63) is 29.3 Å². The summed E-state index contributed by atoms with van der Waals surface area (Å²) >= 11 is 0. The van der Waals surface area contributed by atoms with Gasteiger partial charge in [-0.1, -0.05) is 53.7 Å². The Hall–Kier alpha value is -2.12. The molecule has 200 valence electrons. The van der Waals surface area contributed by atoms with Crippen LogP contribution in [0.4, 0.5) is 0 Å². The maximum absolute atomic E-state index is 12.0. The smallest absolute Gasteiger partial charge is 0.312 e. The van der Waals surface area contributed by atoms with Crippen LogP contribution in [0.15, 0.2) is 18.2 Å². The summed E-state index contributed by atoms with van der Waals surface area (Å²) in [5.41, 5.74) is 8.32. The van der Waals surface area contributed by atoms with Crippen LogP contribution in [0.5, 0.6) is 5.75 Å². The molecule has 0 heterocycles. The normalized spacial score (nSPS) is 16.3. The van der Waals surface area contributed by atoms with Gasteiger partial charge in [0.15, 0.2) is 0 Å². The Balaban J connectivity index is 3.03. The Bertz CT molecular complexity index is 816. The van der Waals surface area contributed by atoms with Gasteiger partial charge in [-0.05, 0) is 67.6 Å². The van der Waals surface area contributed by atoms with E-state index in [9.17, 15) is 14.7 Å². The molecule has 0 saturated carbocycles. The number of aliphatic hydroxyl groups is 1. The van der Waals surface area contributed by atoms with Gasteiger partial charge in [-0.25, -0.2) is 0 Å². The fourth-order valence-corrected chi connectivity index (χ4v) is 4.04. The lowest BCUT2D eigenvalue weighted by Gasteiger charge is -2.29. The lowest BCUT2D eigenvalue weighted by molar-refractivity contribution is -0.148. The average molecular weight is 494 g/mol. The molecule has 7 heteroatoms. The zero-order valence-corrected chi connectivity index (χ0v) is 22.8. The first-order chi connectivity index (χ1) is 16.2. The molecule has 0 aliphatic carbocycles. The molecule has 5 atom stereocenters. The van der Waals surface area contributed by atoms with E-state index in [1.165, 1.54) is 0 Å². The number of ether oxygens (including phenoxy) is 2. The second-order valence-electron chi connectivity index (χ2n) is 11.2. The highest BCUT2D eigenvalue weighted by Crippen LogP contribution is 2.34. The topological polar surface area (TPSA) is 119 Å². The van der Waals surface area contributed by atoms with Gasteiger partial charge in [0.25, 0.3) is 0 Å². The van der Waals surface area contributed by atoms with E-state index in [1.54, 1.807) is 20.8 Å². The van der Waals surface area contributed by atoms with Crippen molar-refractivity contribution < 1.29 is 29.3 Å². The average Bonchev–Trinajstić information content (AvgIpc) is 2.75. The van der Waals surface area contributed by atoms with Crippen LogP contribution in [0, 0.1) is 23.7 Å². The largest absolute Gasteiger partial charge is 0.492 e. The Morgan fingerprint density at radius 3 is 2.20 bits per heavy atom. The Morgan fingerprint density at radius 1 is 1.06 bits per heavy atom. The van der Waals surface area contributed by atoms with Crippen LogP contribution in [-0.4, -0.2) is 47.5 Å². The molecule has 0 amide bonds. The molecule has 1 rings (SSSR count). The number of carboxylic acid groups (broad SMARTS) is 1. The molecular weight excluding hydrogens is 446 g/mol. The Kier molecular flexibility index (Phi) is 12.2. The SMILES string of the molecule is CCOC(=O)[C@@H](C)COc1cc(C[C@@H](C[C@H](N)[C@@H](O)C[C@@H](C)C(=O)O)C(C)C)ccc1C(C)(C)C. The predicted molar refractivity (Wildman–Crippen MR) is 138 cm³/mol. The summed E-state index contributed by atoms with van der Waals surface area (Å²) < 4.78 is 11.2. The molecule has 0 aliphatic heterocycles. The number of rotatable bonds is 14. The molecule has 1 aromatic carbocycles. The van der Waals surface area contributed by atoms with E-state index in [2.05, 4.69) is 46.8 Å². The quantitative estimate of drug-likeness (QED) is 0.325. The predicted octanol–water partition coefficient (Wildman–Crippen LogP) is 4.57. The van der Waals surface area contributed by atoms with Crippen LogP contribution in [0.25, 0.3) is 0 Å². The van der Waals surface area contributed by atoms with Crippen molar-refractivity contribution in [2.75, 3.05) is 13.2 Å². The molecule has 0 aromatic heterocycles. The number of hydrogen-bond donors (Lipinski definition) is 3. The van der Waals surface area contributed by atoms with Crippen LogP contribution in [0.3, 0.4) is 0 Å². The standard InChI is InChI=1S/C28H47NO6/c1-9-34-27(33)19(5)16-35-25-14-20(10-11-22(25)28(6,7)8)13-21(17(2)3)15-23(29)24(30)12-18(4)26(31)32/h10-11,14,17-19,21,23-24,30H,9,12-13,15-16,29H2,1-8H3,(H,31,32)/t18-,19+,21+,23+,24+/m1/s1. The van der Waals surface area contributed by atoms with Crippen LogP contribution < -0.4 is 10.5 Å². The molecule has 1 aromatic rings. The Labute approximate surface area is 211 Å². The zero-order chi connectivity index (χ0) is 26.9. The highest BCUT2D eigenvalue weighted by atomic mass is 16.5. The second-order valence-corrected chi connectivity index (χ2v) is 11.2. The lowest BCUT2D eigenvalue weighted by Crippen LogP contribution is -2.39. The molecule has 0 aliphatic rings. The van der Waals surface area contributed by atoms with E-state index >= 15 is 0 Å². The van der Waals surface area contributed by atoms with E-state index in [0.29, 0.717) is 18.9 Å². The third kappa shape index (κ3) is 10.2. The molecule has 4 N–H and O–H groups in total. The number of carbonyl (C=O) groups excluding carboxylic acids is 1. The van der Waals surface area contributed by atoms with Gasteiger partial charge < -0.3 is 25.4 Å². The van der Waals surface area contributed by atoms with Crippen molar-refractivity contribution in [3.63, 3.8) is 0 Å². The monoisotopic (exact) mass is 493 g/mol. The maximum atomic E-state index is 12.0. The number of nitrogens with two attached hydrogens (primary N) is 1. The van der Waals surface area contributed by atoms with Crippen molar-refractivity contribution in [2.24, 2.45) is 29.4 Å². The summed E-state index contributed by atoms with van der Waals surface area (Å²) in [6, 6.07) is 5.73. The summed E-state index contributed by atoms with van der Waals surface area (Å²) in [6.45, 7) is 16.4. The van der Waals surface area contributed by atoms with Gasteiger partial charge in [-0.3, -0.25) is 9.59 Å². The molecule has 0 spiro atoms. The minimum atomic E-state index is -0.930. The molecule has 7 nitrogen and oxygen atoms in total. The van der Waals surface area contributed by atoms with Crippen molar-refractivity contribution in [1.29, 1.82) is 0 Å². The molecular formula is C28H47NO6. The maximum Gasteiger partial charge on any atom is 0.312 e. The summed E-state index contributed by atoms with van der Waals surface area (Å²) in [5.74, 6) is -0.941. The van der Waals surface area contributed by atoms with E-state index in [4.69, 9.17) is 20.3 Å². The van der Waals surface area contributed by atoms with Crippen LogP contribution >= 0.6 is 0 Å². The van der Waals surface area contributed by atoms with Gasteiger partial charge >= 0.3 is 11.9 Å². The van der Waals surface area contributed by atoms with Gasteiger partial charge in [-0.15, -0.1) is 0 Å². The van der Waals surface area contributed by atoms with Gasteiger partial charge in [0.1, 0.15) is 12.4 Å². The zero-order valence-electron chi connectivity index (χ0n) is 22.8. The van der Waals surface area contributed by atoms with E-state index in [1.807, 2.05) is 6.07 Å². The van der Waals surface area contributed by atoms with Crippen molar-refractivity contribution in [2.45, 2.75) is 92.2 Å². The summed E-state index contributed by atoms with van der Waals surface area (Å²) in [6.07, 6.45) is 0.607. The number of aliphatic hydroxyl groups excluding tert-OH is 1. The fraction of sp³-hybridized carbons (Fsp3) is 0.714. The molecule has 0 bridgehead atoms. The van der Waals surface area contributed by atoms with Gasteiger partial charge in [0.05, 0.1) is 24.5 Å². The number of carboxylic acids is 1. The van der Waals surface area contributed by atoms with Crippen molar-refractivity contribution in [1.82, 2.24) is 0 Å². The number of hydrogen-bond acceptors (Lipinski definition) is 6. The fourth-order valence-electron chi connectivity index (χ4n) is 4.04. The number of benzene rings is 1. The molecule has 0 unspecified atom stereocenters.